The van der Waals surface area contributed by atoms with Crippen molar-refractivity contribution in [2.24, 2.45) is 0 Å². The third kappa shape index (κ3) is 5.14. The van der Waals surface area contributed by atoms with Crippen LogP contribution in [0.15, 0.2) is 42.5 Å². The first-order valence-electron chi connectivity index (χ1n) is 7.97. The molecule has 26 heavy (non-hydrogen) atoms. The second kappa shape index (κ2) is 7.77. The van der Waals surface area contributed by atoms with Crippen molar-refractivity contribution in [3.05, 3.63) is 48.0 Å². The van der Waals surface area contributed by atoms with Crippen LogP contribution >= 0.6 is 0 Å². The summed E-state index contributed by atoms with van der Waals surface area (Å²) in [6, 6.07) is 11.0. The molecule has 0 atom stereocenters. The number of carbonyl (C=O) groups is 2. The molecule has 0 saturated heterocycles. The quantitative estimate of drug-likeness (QED) is 0.767. The molecule has 2 amide bonds. The molecule has 0 fully saturated rings. The molecule has 0 aliphatic carbocycles. The molecule has 2 rings (SSSR count). The topological polar surface area (TPSA) is 96.9 Å². The maximum atomic E-state index is 12.3. The lowest BCUT2D eigenvalue weighted by molar-refractivity contribution is 0.0635. The predicted octanol–water partition coefficient (Wildman–Crippen LogP) is 4.00. The molecule has 0 aliphatic rings. The summed E-state index contributed by atoms with van der Waals surface area (Å²) in [5, 5.41) is 15.0. The fourth-order valence-corrected chi connectivity index (χ4v) is 2.16. The van der Waals surface area contributed by atoms with Crippen LogP contribution in [-0.2, 0) is 4.74 Å². The number of anilines is 2. The Morgan fingerprint density at radius 1 is 1.04 bits per heavy atom. The molecule has 0 aromatic heterocycles. The third-order valence-corrected chi connectivity index (χ3v) is 3.24. The molecule has 3 N–H and O–H groups in total. The van der Waals surface area contributed by atoms with E-state index in [1.165, 1.54) is 19.2 Å². The average molecular weight is 358 g/mol. The van der Waals surface area contributed by atoms with Crippen LogP contribution in [0.25, 0.3) is 0 Å². The van der Waals surface area contributed by atoms with Crippen LogP contribution in [0.1, 0.15) is 31.1 Å². The van der Waals surface area contributed by atoms with Crippen LogP contribution in [-0.4, -0.2) is 29.8 Å². The summed E-state index contributed by atoms with van der Waals surface area (Å²) in [6.07, 6.45) is -0.639. The maximum absolute atomic E-state index is 12.3. The number of nitrogens with one attached hydrogen (secondary N) is 2. The zero-order valence-electron chi connectivity index (χ0n) is 15.1. The summed E-state index contributed by atoms with van der Waals surface area (Å²) >= 11 is 0. The number of methoxy groups -OCH3 is 1. The highest BCUT2D eigenvalue weighted by Crippen LogP contribution is 2.29. The molecule has 2 aromatic carbocycles. The number of carbonyl (C=O) groups excluding carboxylic acids is 2. The van der Waals surface area contributed by atoms with Gasteiger partial charge in [0.2, 0.25) is 0 Å². The number of rotatable bonds is 4. The van der Waals surface area contributed by atoms with Crippen molar-refractivity contribution in [2.45, 2.75) is 26.4 Å². The zero-order valence-corrected chi connectivity index (χ0v) is 15.1. The van der Waals surface area contributed by atoms with Crippen molar-refractivity contribution >= 4 is 23.4 Å². The Morgan fingerprint density at radius 3 is 2.35 bits per heavy atom. The van der Waals surface area contributed by atoms with Crippen molar-refractivity contribution in [1.82, 2.24) is 0 Å². The van der Waals surface area contributed by atoms with Gasteiger partial charge >= 0.3 is 6.09 Å². The first kappa shape index (κ1) is 19.1. The van der Waals surface area contributed by atoms with Crippen LogP contribution in [0.5, 0.6) is 11.5 Å². The van der Waals surface area contributed by atoms with Gasteiger partial charge in [-0.3, -0.25) is 10.1 Å². The minimum atomic E-state index is -0.645. The van der Waals surface area contributed by atoms with Gasteiger partial charge in [-0.1, -0.05) is 12.1 Å². The van der Waals surface area contributed by atoms with Crippen LogP contribution in [0, 0.1) is 0 Å². The minimum Gasteiger partial charge on any atom is -0.507 e. The standard InChI is InChI=1S/C19H22N2O5/c1-19(2,3)26-18(24)21-14-11-12(9-10-16(14)25-4)20-17(23)13-7-5-6-8-15(13)22/h5-11,22H,1-4H3,(H,20,23)(H,21,24). The Balaban J connectivity index is 2.19. The zero-order chi connectivity index (χ0) is 19.3. The van der Waals surface area contributed by atoms with Crippen LogP contribution < -0.4 is 15.4 Å². The van der Waals surface area contributed by atoms with Crippen LogP contribution in [0.2, 0.25) is 0 Å². The first-order valence-corrected chi connectivity index (χ1v) is 7.97. The molecule has 0 saturated carbocycles. The van der Waals surface area contributed by atoms with Crippen molar-refractivity contribution in [3.63, 3.8) is 0 Å². The SMILES string of the molecule is COc1ccc(NC(=O)c2ccccc2O)cc1NC(=O)OC(C)(C)C. The molecule has 0 spiro atoms. The van der Waals surface area contributed by atoms with Gasteiger partial charge in [0.1, 0.15) is 17.1 Å². The maximum Gasteiger partial charge on any atom is 0.412 e. The monoisotopic (exact) mass is 358 g/mol. The summed E-state index contributed by atoms with van der Waals surface area (Å²) < 4.78 is 10.4. The van der Waals surface area contributed by atoms with Gasteiger partial charge in [-0.25, -0.2) is 4.79 Å². The van der Waals surface area contributed by atoms with Crippen LogP contribution in [0.4, 0.5) is 16.2 Å². The van der Waals surface area contributed by atoms with Gasteiger partial charge in [-0.15, -0.1) is 0 Å². The van der Waals surface area contributed by atoms with Crippen molar-refractivity contribution in [3.8, 4) is 11.5 Å². The van der Waals surface area contributed by atoms with Gasteiger partial charge in [-0.05, 0) is 51.1 Å². The predicted molar refractivity (Wildman–Crippen MR) is 98.9 cm³/mol. The van der Waals surface area contributed by atoms with Crippen molar-refractivity contribution in [2.75, 3.05) is 17.7 Å². The number of benzene rings is 2. The normalized spacial score (nSPS) is 10.8. The average Bonchev–Trinajstić information content (AvgIpc) is 2.53. The lowest BCUT2D eigenvalue weighted by atomic mass is 10.2. The Kier molecular flexibility index (Phi) is 5.71. The van der Waals surface area contributed by atoms with Gasteiger partial charge in [-0.2, -0.15) is 0 Å². The highest BCUT2D eigenvalue weighted by molar-refractivity contribution is 6.06. The molecule has 7 nitrogen and oxygen atoms in total. The van der Waals surface area contributed by atoms with E-state index in [9.17, 15) is 14.7 Å². The van der Waals surface area contributed by atoms with Gasteiger partial charge in [0.15, 0.2) is 0 Å². The lowest BCUT2D eigenvalue weighted by Gasteiger charge is -2.20. The number of ether oxygens (including phenoxy) is 2. The number of aromatic hydroxyl groups is 1. The number of phenols is 1. The van der Waals surface area contributed by atoms with E-state index >= 15 is 0 Å². The number of hydrogen-bond donors (Lipinski definition) is 3. The third-order valence-electron chi connectivity index (χ3n) is 3.24. The van der Waals surface area contributed by atoms with Gasteiger partial charge in [0.25, 0.3) is 5.91 Å². The molecule has 0 aliphatic heterocycles. The van der Waals surface area contributed by atoms with E-state index in [-0.39, 0.29) is 11.3 Å². The van der Waals surface area contributed by atoms with E-state index in [0.717, 1.165) is 0 Å². The van der Waals surface area contributed by atoms with Gasteiger partial charge < -0.3 is 19.9 Å². The number of hydrogen-bond acceptors (Lipinski definition) is 5. The number of phenolic OH excluding ortho intramolecular Hbond substituents is 1. The Labute approximate surface area is 151 Å². The van der Waals surface area contributed by atoms with E-state index in [4.69, 9.17) is 9.47 Å². The highest BCUT2D eigenvalue weighted by Gasteiger charge is 2.18. The second-order valence-electron chi connectivity index (χ2n) is 6.51. The fourth-order valence-electron chi connectivity index (χ4n) is 2.16. The molecule has 0 heterocycles. The smallest absolute Gasteiger partial charge is 0.412 e. The highest BCUT2D eigenvalue weighted by atomic mass is 16.6. The Hall–Kier alpha value is -3.22. The Bertz CT molecular complexity index is 812. The molecule has 138 valence electrons. The summed E-state index contributed by atoms with van der Waals surface area (Å²) in [5.41, 5.74) is 0.264. The summed E-state index contributed by atoms with van der Waals surface area (Å²) in [7, 11) is 1.47. The van der Waals surface area contributed by atoms with E-state index in [2.05, 4.69) is 10.6 Å². The summed E-state index contributed by atoms with van der Waals surface area (Å²) in [6.45, 7) is 5.27. The molecule has 0 unspecified atom stereocenters. The summed E-state index contributed by atoms with van der Waals surface area (Å²) in [4.78, 5) is 24.3. The lowest BCUT2D eigenvalue weighted by Crippen LogP contribution is -2.27. The number of amides is 2. The molecular weight excluding hydrogens is 336 g/mol. The van der Waals surface area contributed by atoms with E-state index < -0.39 is 17.6 Å². The van der Waals surface area contributed by atoms with E-state index in [1.807, 2.05) is 0 Å². The fraction of sp³-hybridized carbons (Fsp3) is 0.263. The molecule has 0 radical (unpaired) electrons. The molecular formula is C19H22N2O5. The molecule has 2 aromatic rings. The largest absolute Gasteiger partial charge is 0.507 e. The molecule has 0 bridgehead atoms. The van der Waals surface area contributed by atoms with Crippen molar-refractivity contribution in [1.29, 1.82) is 0 Å². The Morgan fingerprint density at radius 2 is 1.73 bits per heavy atom. The van der Waals surface area contributed by atoms with E-state index in [1.54, 1.807) is 51.1 Å². The van der Waals surface area contributed by atoms with Crippen LogP contribution in [0.3, 0.4) is 0 Å². The van der Waals surface area contributed by atoms with Gasteiger partial charge in [0.05, 0.1) is 18.4 Å². The van der Waals surface area contributed by atoms with E-state index in [0.29, 0.717) is 17.1 Å². The summed E-state index contributed by atoms with van der Waals surface area (Å²) in [5.74, 6) is -0.182. The molecule has 7 heteroatoms. The van der Waals surface area contributed by atoms with Crippen molar-refractivity contribution < 1.29 is 24.2 Å². The second-order valence-corrected chi connectivity index (χ2v) is 6.51. The van der Waals surface area contributed by atoms with Gasteiger partial charge in [0, 0.05) is 5.69 Å². The number of para-hydroxylation sites is 1. The minimum absolute atomic E-state index is 0.120. The first-order chi connectivity index (χ1) is 12.2.